The van der Waals surface area contributed by atoms with Crippen molar-refractivity contribution in [3.8, 4) is 0 Å². The molecule has 0 aliphatic rings. The van der Waals surface area contributed by atoms with Crippen LogP contribution in [0.15, 0.2) is 28.7 Å². The van der Waals surface area contributed by atoms with Gasteiger partial charge in [-0.3, -0.25) is 4.79 Å². The predicted octanol–water partition coefficient (Wildman–Crippen LogP) is 2.96. The average Bonchev–Trinajstić information content (AvgIpc) is 2.54. The van der Waals surface area contributed by atoms with Gasteiger partial charge in [-0.15, -0.1) is 0 Å². The van der Waals surface area contributed by atoms with E-state index in [1.165, 1.54) is 0 Å². The summed E-state index contributed by atoms with van der Waals surface area (Å²) in [6, 6.07) is 8.05. The molecular weight excluding hydrogens is 270 g/mol. The van der Waals surface area contributed by atoms with Gasteiger partial charge in [-0.05, 0) is 34.5 Å². The van der Waals surface area contributed by atoms with Gasteiger partial charge in [0.15, 0.2) is 0 Å². The van der Waals surface area contributed by atoms with Crippen LogP contribution < -0.4 is 0 Å². The lowest BCUT2D eigenvalue weighted by molar-refractivity contribution is -0.136. The molecule has 0 radical (unpaired) electrons. The van der Waals surface area contributed by atoms with Crippen molar-refractivity contribution in [1.29, 1.82) is 0 Å². The zero-order valence-electron chi connectivity index (χ0n) is 8.90. The molecule has 0 atom stereocenters. The van der Waals surface area contributed by atoms with Crippen LogP contribution in [0.1, 0.15) is 12.1 Å². The minimum Gasteiger partial charge on any atom is -0.481 e. The minimum absolute atomic E-state index is 0.168. The highest BCUT2D eigenvalue weighted by molar-refractivity contribution is 9.10. The number of aromatic nitrogens is 1. The fourth-order valence-corrected chi connectivity index (χ4v) is 2.54. The Hall–Kier alpha value is -1.29. The number of rotatable bonds is 3. The number of nitrogens with zero attached hydrogens (tertiary/aromatic N) is 1. The molecule has 0 saturated carbocycles. The third kappa shape index (κ3) is 1.97. The SMILES string of the molecule is Cn1c(CCC(=O)O)cc2cccc(Br)c21. The van der Waals surface area contributed by atoms with Gasteiger partial charge in [0.1, 0.15) is 0 Å². The molecule has 2 aromatic rings. The van der Waals surface area contributed by atoms with Crippen LogP contribution in [-0.4, -0.2) is 15.6 Å². The highest BCUT2D eigenvalue weighted by Crippen LogP contribution is 2.26. The number of hydrogen-bond donors (Lipinski definition) is 1. The number of carbonyl (C=O) groups is 1. The molecular formula is C12H12BrNO2. The first-order valence-corrected chi connectivity index (χ1v) is 5.83. The minimum atomic E-state index is -0.760. The van der Waals surface area contributed by atoms with Gasteiger partial charge in [-0.2, -0.15) is 0 Å². The first-order chi connectivity index (χ1) is 7.59. The number of carboxylic acid groups (broad SMARTS) is 1. The number of aryl methyl sites for hydroxylation is 2. The van der Waals surface area contributed by atoms with E-state index in [1.54, 1.807) is 0 Å². The Morgan fingerprint density at radius 3 is 2.88 bits per heavy atom. The van der Waals surface area contributed by atoms with Crippen LogP contribution in [0, 0.1) is 0 Å². The third-order valence-electron chi connectivity index (χ3n) is 2.70. The summed E-state index contributed by atoms with van der Waals surface area (Å²) < 4.78 is 3.08. The van der Waals surface area contributed by atoms with Gasteiger partial charge in [0.2, 0.25) is 0 Å². The smallest absolute Gasteiger partial charge is 0.303 e. The van der Waals surface area contributed by atoms with Crippen LogP contribution in [-0.2, 0) is 18.3 Å². The number of benzene rings is 1. The van der Waals surface area contributed by atoms with Crippen molar-refractivity contribution in [1.82, 2.24) is 4.57 Å². The van der Waals surface area contributed by atoms with E-state index in [2.05, 4.69) is 15.9 Å². The Balaban J connectivity index is 2.44. The summed E-state index contributed by atoms with van der Waals surface area (Å²) in [4.78, 5) is 10.5. The summed E-state index contributed by atoms with van der Waals surface area (Å²) in [5.74, 6) is -0.760. The van der Waals surface area contributed by atoms with E-state index >= 15 is 0 Å². The van der Waals surface area contributed by atoms with E-state index in [1.807, 2.05) is 35.9 Å². The molecule has 2 rings (SSSR count). The van der Waals surface area contributed by atoms with Crippen LogP contribution in [0.4, 0.5) is 0 Å². The maximum absolute atomic E-state index is 10.5. The van der Waals surface area contributed by atoms with E-state index in [4.69, 9.17) is 5.11 Å². The van der Waals surface area contributed by atoms with Crippen molar-refractivity contribution in [2.24, 2.45) is 7.05 Å². The maximum Gasteiger partial charge on any atom is 0.303 e. The van der Waals surface area contributed by atoms with E-state index in [-0.39, 0.29) is 6.42 Å². The topological polar surface area (TPSA) is 42.2 Å². The fourth-order valence-electron chi connectivity index (χ4n) is 1.90. The lowest BCUT2D eigenvalue weighted by Crippen LogP contribution is -2.01. The lowest BCUT2D eigenvalue weighted by atomic mass is 10.2. The van der Waals surface area contributed by atoms with Crippen molar-refractivity contribution < 1.29 is 9.90 Å². The average molecular weight is 282 g/mol. The number of para-hydroxylation sites is 1. The zero-order chi connectivity index (χ0) is 11.7. The second-order valence-corrected chi connectivity index (χ2v) is 4.62. The molecule has 0 unspecified atom stereocenters. The number of hydrogen-bond acceptors (Lipinski definition) is 1. The predicted molar refractivity (Wildman–Crippen MR) is 66.6 cm³/mol. The molecule has 16 heavy (non-hydrogen) atoms. The highest BCUT2D eigenvalue weighted by atomic mass is 79.9. The van der Waals surface area contributed by atoms with Crippen LogP contribution in [0.2, 0.25) is 0 Å². The van der Waals surface area contributed by atoms with Crippen LogP contribution in [0.5, 0.6) is 0 Å². The molecule has 3 nitrogen and oxygen atoms in total. The molecule has 84 valence electrons. The molecule has 1 heterocycles. The molecule has 0 aliphatic carbocycles. The summed E-state index contributed by atoms with van der Waals surface area (Å²) >= 11 is 3.50. The van der Waals surface area contributed by atoms with Gasteiger partial charge in [0.05, 0.1) is 11.9 Å². The van der Waals surface area contributed by atoms with E-state index in [0.717, 1.165) is 21.1 Å². The van der Waals surface area contributed by atoms with Crippen LogP contribution in [0.3, 0.4) is 0 Å². The number of aliphatic carboxylic acids is 1. The summed E-state index contributed by atoms with van der Waals surface area (Å²) in [6.07, 6.45) is 0.731. The Morgan fingerprint density at radius 2 is 2.25 bits per heavy atom. The van der Waals surface area contributed by atoms with Crippen molar-refractivity contribution in [2.45, 2.75) is 12.8 Å². The summed E-state index contributed by atoms with van der Waals surface area (Å²) in [5.41, 5.74) is 2.16. The molecule has 1 aromatic heterocycles. The van der Waals surface area contributed by atoms with E-state index in [0.29, 0.717) is 6.42 Å². The molecule has 0 bridgehead atoms. The van der Waals surface area contributed by atoms with Crippen molar-refractivity contribution in [3.05, 3.63) is 34.4 Å². The van der Waals surface area contributed by atoms with Crippen molar-refractivity contribution in [3.63, 3.8) is 0 Å². The largest absolute Gasteiger partial charge is 0.481 e. The summed E-state index contributed by atoms with van der Waals surface area (Å²) in [5, 5.41) is 9.81. The lowest BCUT2D eigenvalue weighted by Gasteiger charge is -2.03. The summed E-state index contributed by atoms with van der Waals surface area (Å²) in [7, 11) is 1.96. The molecule has 0 saturated heterocycles. The maximum atomic E-state index is 10.5. The molecule has 1 aromatic carbocycles. The third-order valence-corrected chi connectivity index (χ3v) is 3.34. The molecule has 4 heteroatoms. The fraction of sp³-hybridized carbons (Fsp3) is 0.250. The summed E-state index contributed by atoms with van der Waals surface area (Å²) in [6.45, 7) is 0. The van der Waals surface area contributed by atoms with E-state index < -0.39 is 5.97 Å². The first-order valence-electron chi connectivity index (χ1n) is 5.04. The van der Waals surface area contributed by atoms with Crippen molar-refractivity contribution in [2.75, 3.05) is 0 Å². The zero-order valence-corrected chi connectivity index (χ0v) is 10.5. The number of halogens is 1. The molecule has 0 aliphatic heterocycles. The van der Waals surface area contributed by atoms with Gasteiger partial charge in [-0.1, -0.05) is 12.1 Å². The van der Waals surface area contributed by atoms with Gasteiger partial charge < -0.3 is 9.67 Å². The standard InChI is InChI=1S/C12H12BrNO2/c1-14-9(5-6-11(15)16)7-8-3-2-4-10(13)12(8)14/h2-4,7H,5-6H2,1H3,(H,15,16). The monoisotopic (exact) mass is 281 g/mol. The van der Waals surface area contributed by atoms with Gasteiger partial charge >= 0.3 is 5.97 Å². The Labute approximate surface area is 102 Å². The molecule has 1 N–H and O–H groups in total. The van der Waals surface area contributed by atoms with E-state index in [9.17, 15) is 4.79 Å². The normalized spacial score (nSPS) is 10.9. The Bertz CT molecular complexity index is 545. The first kappa shape index (κ1) is 11.2. The van der Waals surface area contributed by atoms with Gasteiger partial charge in [0, 0.05) is 22.6 Å². The van der Waals surface area contributed by atoms with Crippen LogP contribution >= 0.6 is 15.9 Å². The van der Waals surface area contributed by atoms with Gasteiger partial charge in [0.25, 0.3) is 0 Å². The Morgan fingerprint density at radius 1 is 1.50 bits per heavy atom. The quantitative estimate of drug-likeness (QED) is 0.940. The number of carboxylic acids is 1. The highest BCUT2D eigenvalue weighted by Gasteiger charge is 2.09. The molecule has 0 fully saturated rings. The molecule has 0 spiro atoms. The van der Waals surface area contributed by atoms with Crippen LogP contribution in [0.25, 0.3) is 10.9 Å². The van der Waals surface area contributed by atoms with Gasteiger partial charge in [-0.25, -0.2) is 0 Å². The second kappa shape index (κ2) is 4.29. The second-order valence-electron chi connectivity index (χ2n) is 3.77. The van der Waals surface area contributed by atoms with Crippen molar-refractivity contribution >= 4 is 32.8 Å². The number of fused-ring (bicyclic) bond motifs is 1. The Kier molecular flexibility index (Phi) is 3.01. The molecule has 0 amide bonds.